The van der Waals surface area contributed by atoms with Crippen molar-refractivity contribution in [3.8, 4) is 5.69 Å². The van der Waals surface area contributed by atoms with Gasteiger partial charge >= 0.3 is 0 Å². The van der Waals surface area contributed by atoms with Gasteiger partial charge < -0.3 is 11.5 Å². The number of nitrogens with zero attached hydrogens (tertiary/aromatic N) is 3. The molecule has 0 saturated carbocycles. The summed E-state index contributed by atoms with van der Waals surface area (Å²) in [6.45, 7) is 1.90. The molecule has 6 heteroatoms. The fourth-order valence-corrected chi connectivity index (χ4v) is 1.33. The van der Waals surface area contributed by atoms with E-state index < -0.39 is 5.91 Å². The summed E-state index contributed by atoms with van der Waals surface area (Å²) in [7, 11) is 0. The summed E-state index contributed by atoms with van der Waals surface area (Å²) in [6, 6.07) is 5.38. The Morgan fingerprint density at radius 3 is 2.81 bits per heavy atom. The van der Waals surface area contributed by atoms with Crippen LogP contribution < -0.4 is 11.5 Å². The minimum atomic E-state index is -0.604. The predicted octanol–water partition coefficient (Wildman–Crippen LogP) is 0.257. The van der Waals surface area contributed by atoms with Crippen LogP contribution in [0, 0.1) is 6.92 Å². The van der Waals surface area contributed by atoms with E-state index in [4.69, 9.17) is 11.5 Å². The van der Waals surface area contributed by atoms with E-state index in [-0.39, 0.29) is 5.69 Å². The van der Waals surface area contributed by atoms with E-state index in [9.17, 15) is 4.79 Å². The normalized spacial score (nSPS) is 10.3. The van der Waals surface area contributed by atoms with Crippen molar-refractivity contribution in [3.05, 3.63) is 35.7 Å². The van der Waals surface area contributed by atoms with E-state index in [1.807, 2.05) is 13.0 Å². The Bertz CT molecular complexity index is 546. The Labute approximate surface area is 91.9 Å². The first-order valence-corrected chi connectivity index (χ1v) is 4.66. The summed E-state index contributed by atoms with van der Waals surface area (Å²) in [4.78, 5) is 12.2. The molecule has 0 unspecified atom stereocenters. The first kappa shape index (κ1) is 10.2. The van der Waals surface area contributed by atoms with Gasteiger partial charge in [-0.2, -0.15) is 9.90 Å². The second-order valence-corrected chi connectivity index (χ2v) is 3.43. The van der Waals surface area contributed by atoms with Crippen LogP contribution in [0.5, 0.6) is 0 Å². The number of carbonyl (C=O) groups excluding carboxylic acids is 1. The number of benzene rings is 1. The molecule has 1 aromatic carbocycles. The van der Waals surface area contributed by atoms with Crippen LogP contribution in [0.2, 0.25) is 0 Å². The molecule has 0 aliphatic heterocycles. The van der Waals surface area contributed by atoms with Crippen molar-refractivity contribution in [3.63, 3.8) is 0 Å². The Balaban J connectivity index is 2.50. The smallest absolute Gasteiger partial charge is 0.270 e. The number of amides is 1. The molecule has 16 heavy (non-hydrogen) atoms. The largest absolute Gasteiger partial charge is 0.399 e. The topological polar surface area (TPSA) is 99.8 Å². The quantitative estimate of drug-likeness (QED) is 0.704. The maximum atomic E-state index is 10.9. The summed E-state index contributed by atoms with van der Waals surface area (Å²) in [5.41, 5.74) is 13.2. The lowest BCUT2D eigenvalue weighted by atomic mass is 10.2. The van der Waals surface area contributed by atoms with Crippen molar-refractivity contribution in [2.24, 2.45) is 5.73 Å². The van der Waals surface area contributed by atoms with E-state index in [0.717, 1.165) is 11.3 Å². The molecule has 0 aliphatic rings. The lowest BCUT2D eigenvalue weighted by Gasteiger charge is -2.04. The third kappa shape index (κ3) is 1.72. The van der Waals surface area contributed by atoms with Crippen LogP contribution in [-0.4, -0.2) is 20.9 Å². The SMILES string of the molecule is Cc1ccc(N)cc1-n1ncc(C(N)=O)n1. The molecule has 0 spiro atoms. The minimum absolute atomic E-state index is 0.127. The molecule has 82 valence electrons. The molecular weight excluding hydrogens is 206 g/mol. The van der Waals surface area contributed by atoms with Crippen LogP contribution in [0.25, 0.3) is 5.69 Å². The van der Waals surface area contributed by atoms with Gasteiger partial charge in [0, 0.05) is 5.69 Å². The first-order valence-electron chi connectivity index (χ1n) is 4.66. The zero-order valence-electron chi connectivity index (χ0n) is 8.71. The van der Waals surface area contributed by atoms with Crippen LogP contribution in [0.15, 0.2) is 24.4 Å². The standard InChI is InChI=1S/C10H11N5O/c1-6-2-3-7(11)4-9(6)15-13-5-8(14-15)10(12)16/h2-5H,11H2,1H3,(H2,12,16). The average Bonchev–Trinajstić information content (AvgIpc) is 2.70. The number of hydrogen-bond acceptors (Lipinski definition) is 4. The number of primary amides is 1. The summed E-state index contributed by atoms with van der Waals surface area (Å²) < 4.78 is 0. The Kier molecular flexibility index (Phi) is 2.32. The fraction of sp³-hybridized carbons (Fsp3) is 0.100. The van der Waals surface area contributed by atoms with Gasteiger partial charge in [0.25, 0.3) is 5.91 Å². The number of aryl methyl sites for hydroxylation is 1. The molecule has 6 nitrogen and oxygen atoms in total. The molecule has 0 radical (unpaired) electrons. The number of nitrogens with two attached hydrogens (primary N) is 2. The van der Waals surface area contributed by atoms with Gasteiger partial charge in [-0.05, 0) is 24.6 Å². The molecule has 0 aliphatic carbocycles. The highest BCUT2D eigenvalue weighted by molar-refractivity contribution is 5.90. The lowest BCUT2D eigenvalue weighted by molar-refractivity contribution is 0.0995. The summed E-state index contributed by atoms with van der Waals surface area (Å²) >= 11 is 0. The van der Waals surface area contributed by atoms with Crippen molar-refractivity contribution in [1.82, 2.24) is 15.0 Å². The van der Waals surface area contributed by atoms with Gasteiger partial charge in [-0.15, -0.1) is 5.10 Å². The lowest BCUT2D eigenvalue weighted by Crippen LogP contribution is -2.12. The number of rotatable bonds is 2. The van der Waals surface area contributed by atoms with Gasteiger partial charge in [0.05, 0.1) is 11.9 Å². The second-order valence-electron chi connectivity index (χ2n) is 3.43. The van der Waals surface area contributed by atoms with Crippen molar-refractivity contribution in [2.75, 3.05) is 5.73 Å². The maximum Gasteiger partial charge on any atom is 0.270 e. The van der Waals surface area contributed by atoms with Gasteiger partial charge in [-0.1, -0.05) is 6.07 Å². The molecule has 2 aromatic rings. The highest BCUT2D eigenvalue weighted by Gasteiger charge is 2.09. The van der Waals surface area contributed by atoms with Gasteiger partial charge in [0.1, 0.15) is 0 Å². The number of aromatic nitrogens is 3. The van der Waals surface area contributed by atoms with E-state index >= 15 is 0 Å². The monoisotopic (exact) mass is 217 g/mol. The molecular formula is C10H11N5O. The van der Waals surface area contributed by atoms with E-state index in [2.05, 4.69) is 10.2 Å². The maximum absolute atomic E-state index is 10.9. The predicted molar refractivity (Wildman–Crippen MR) is 59.0 cm³/mol. The third-order valence-electron chi connectivity index (χ3n) is 2.19. The zero-order chi connectivity index (χ0) is 11.7. The third-order valence-corrected chi connectivity index (χ3v) is 2.19. The number of carbonyl (C=O) groups is 1. The summed E-state index contributed by atoms with van der Waals surface area (Å²) in [5, 5.41) is 7.92. The van der Waals surface area contributed by atoms with Crippen molar-refractivity contribution >= 4 is 11.6 Å². The molecule has 1 aromatic heterocycles. The molecule has 1 amide bonds. The molecule has 0 atom stereocenters. The van der Waals surface area contributed by atoms with Gasteiger partial charge in [-0.25, -0.2) is 0 Å². The molecule has 0 bridgehead atoms. The van der Waals surface area contributed by atoms with Gasteiger partial charge in [-0.3, -0.25) is 4.79 Å². The molecule has 4 N–H and O–H groups in total. The van der Waals surface area contributed by atoms with Gasteiger partial charge in [0.2, 0.25) is 0 Å². The van der Waals surface area contributed by atoms with E-state index in [1.54, 1.807) is 12.1 Å². The summed E-state index contributed by atoms with van der Waals surface area (Å²) in [6.07, 6.45) is 1.32. The van der Waals surface area contributed by atoms with Crippen LogP contribution in [0.3, 0.4) is 0 Å². The molecule has 0 fully saturated rings. The minimum Gasteiger partial charge on any atom is -0.399 e. The molecule has 0 saturated heterocycles. The summed E-state index contributed by atoms with van der Waals surface area (Å²) in [5.74, 6) is -0.604. The van der Waals surface area contributed by atoms with Crippen LogP contribution in [-0.2, 0) is 0 Å². The second kappa shape index (κ2) is 3.65. The number of hydrogen-bond donors (Lipinski definition) is 2. The Hall–Kier alpha value is -2.37. The van der Waals surface area contributed by atoms with Crippen LogP contribution >= 0.6 is 0 Å². The van der Waals surface area contributed by atoms with Crippen molar-refractivity contribution in [2.45, 2.75) is 6.92 Å². The fourth-order valence-electron chi connectivity index (χ4n) is 1.33. The highest BCUT2D eigenvalue weighted by atomic mass is 16.1. The molecule has 2 rings (SSSR count). The zero-order valence-corrected chi connectivity index (χ0v) is 8.71. The Morgan fingerprint density at radius 1 is 1.44 bits per heavy atom. The van der Waals surface area contributed by atoms with Crippen molar-refractivity contribution < 1.29 is 4.79 Å². The Morgan fingerprint density at radius 2 is 2.19 bits per heavy atom. The number of anilines is 1. The molecule has 1 heterocycles. The van der Waals surface area contributed by atoms with Crippen LogP contribution in [0.1, 0.15) is 16.1 Å². The van der Waals surface area contributed by atoms with E-state index in [0.29, 0.717) is 5.69 Å². The number of nitrogen functional groups attached to an aromatic ring is 1. The van der Waals surface area contributed by atoms with Crippen LogP contribution in [0.4, 0.5) is 5.69 Å². The van der Waals surface area contributed by atoms with E-state index in [1.165, 1.54) is 11.0 Å². The first-order chi connectivity index (χ1) is 7.58. The highest BCUT2D eigenvalue weighted by Crippen LogP contribution is 2.15. The van der Waals surface area contributed by atoms with Gasteiger partial charge in [0.15, 0.2) is 5.69 Å². The van der Waals surface area contributed by atoms with Crippen molar-refractivity contribution in [1.29, 1.82) is 0 Å². The average molecular weight is 217 g/mol.